The van der Waals surface area contributed by atoms with Gasteiger partial charge < -0.3 is 10.6 Å². The predicted octanol–water partition coefficient (Wildman–Crippen LogP) is 0.322. The van der Waals surface area contributed by atoms with E-state index >= 15 is 0 Å². The molecule has 2 heterocycles. The van der Waals surface area contributed by atoms with E-state index in [1.165, 1.54) is 11.1 Å². The number of carbonyl (C=O) groups is 1. The SMILES string of the molecule is NCc1cn(CC(=O)N2CCc3ccccc3C2)nn1. The summed E-state index contributed by atoms with van der Waals surface area (Å²) in [6, 6.07) is 8.26. The smallest absolute Gasteiger partial charge is 0.244 e. The monoisotopic (exact) mass is 271 g/mol. The van der Waals surface area contributed by atoms with E-state index in [-0.39, 0.29) is 12.5 Å². The van der Waals surface area contributed by atoms with Crippen molar-refractivity contribution in [2.45, 2.75) is 26.1 Å². The molecule has 0 atom stereocenters. The molecule has 0 unspecified atom stereocenters. The Bertz CT molecular complexity index is 622. The van der Waals surface area contributed by atoms with Gasteiger partial charge in [-0.05, 0) is 17.5 Å². The van der Waals surface area contributed by atoms with Crippen molar-refractivity contribution < 1.29 is 4.79 Å². The van der Waals surface area contributed by atoms with Crippen molar-refractivity contribution in [2.24, 2.45) is 5.73 Å². The molecule has 20 heavy (non-hydrogen) atoms. The van der Waals surface area contributed by atoms with Gasteiger partial charge in [0.25, 0.3) is 0 Å². The van der Waals surface area contributed by atoms with E-state index in [1.807, 2.05) is 17.0 Å². The molecule has 0 saturated carbocycles. The zero-order valence-corrected chi connectivity index (χ0v) is 11.2. The highest BCUT2D eigenvalue weighted by atomic mass is 16.2. The fraction of sp³-hybridized carbons (Fsp3) is 0.357. The number of carbonyl (C=O) groups excluding carboxylic acids is 1. The molecule has 1 aliphatic heterocycles. The molecular formula is C14H17N5O. The molecule has 0 bridgehead atoms. The van der Waals surface area contributed by atoms with Crippen LogP contribution in [0.25, 0.3) is 0 Å². The van der Waals surface area contributed by atoms with Crippen LogP contribution in [0.3, 0.4) is 0 Å². The lowest BCUT2D eigenvalue weighted by molar-refractivity contribution is -0.133. The maximum atomic E-state index is 12.3. The predicted molar refractivity (Wildman–Crippen MR) is 73.5 cm³/mol. The average Bonchev–Trinajstić information content (AvgIpc) is 2.94. The number of amides is 1. The van der Waals surface area contributed by atoms with Gasteiger partial charge in [0.05, 0.1) is 11.9 Å². The number of aromatic nitrogens is 3. The Hall–Kier alpha value is -2.21. The third-order valence-electron chi connectivity index (χ3n) is 3.58. The Kier molecular flexibility index (Phi) is 3.47. The van der Waals surface area contributed by atoms with Gasteiger partial charge in [-0.1, -0.05) is 29.5 Å². The van der Waals surface area contributed by atoms with Crippen molar-refractivity contribution in [1.29, 1.82) is 0 Å². The Balaban J connectivity index is 1.67. The van der Waals surface area contributed by atoms with E-state index in [4.69, 9.17) is 5.73 Å². The summed E-state index contributed by atoms with van der Waals surface area (Å²) in [5.41, 5.74) is 8.74. The maximum absolute atomic E-state index is 12.3. The van der Waals surface area contributed by atoms with E-state index in [2.05, 4.69) is 22.4 Å². The summed E-state index contributed by atoms with van der Waals surface area (Å²) in [5, 5.41) is 7.79. The Morgan fingerprint density at radius 2 is 2.10 bits per heavy atom. The Morgan fingerprint density at radius 3 is 2.85 bits per heavy atom. The first-order chi connectivity index (χ1) is 9.76. The molecule has 1 amide bonds. The first-order valence-electron chi connectivity index (χ1n) is 6.70. The largest absolute Gasteiger partial charge is 0.336 e. The van der Waals surface area contributed by atoms with Crippen molar-refractivity contribution in [3.63, 3.8) is 0 Å². The fourth-order valence-corrected chi connectivity index (χ4v) is 2.46. The van der Waals surface area contributed by atoms with Crippen LogP contribution in [-0.2, 0) is 30.8 Å². The lowest BCUT2D eigenvalue weighted by atomic mass is 10.00. The third-order valence-corrected chi connectivity index (χ3v) is 3.58. The number of hydrogen-bond acceptors (Lipinski definition) is 4. The molecule has 2 aromatic rings. The average molecular weight is 271 g/mol. The minimum absolute atomic E-state index is 0.0629. The van der Waals surface area contributed by atoms with Gasteiger partial charge in [-0.25, -0.2) is 4.68 Å². The molecule has 0 fully saturated rings. The van der Waals surface area contributed by atoms with Crippen molar-refractivity contribution in [3.05, 3.63) is 47.3 Å². The first kappa shape index (κ1) is 12.8. The lowest BCUT2D eigenvalue weighted by Crippen LogP contribution is -2.38. The molecule has 0 saturated heterocycles. The van der Waals surface area contributed by atoms with Crippen LogP contribution in [0.4, 0.5) is 0 Å². The van der Waals surface area contributed by atoms with Gasteiger partial charge >= 0.3 is 0 Å². The zero-order valence-electron chi connectivity index (χ0n) is 11.2. The lowest BCUT2D eigenvalue weighted by Gasteiger charge is -2.28. The standard InChI is InChI=1S/C14H17N5O/c15-7-13-9-19(17-16-13)10-14(20)18-6-5-11-3-1-2-4-12(11)8-18/h1-4,9H,5-8,10,15H2. The van der Waals surface area contributed by atoms with E-state index in [0.717, 1.165) is 13.0 Å². The first-order valence-corrected chi connectivity index (χ1v) is 6.70. The van der Waals surface area contributed by atoms with Crippen LogP contribution in [0.15, 0.2) is 30.5 Å². The van der Waals surface area contributed by atoms with Crippen LogP contribution >= 0.6 is 0 Å². The highest BCUT2D eigenvalue weighted by molar-refractivity contribution is 5.76. The number of fused-ring (bicyclic) bond motifs is 1. The van der Waals surface area contributed by atoms with Crippen LogP contribution in [0.5, 0.6) is 0 Å². The fourth-order valence-electron chi connectivity index (χ4n) is 2.46. The summed E-state index contributed by atoms with van der Waals surface area (Å²) >= 11 is 0. The normalized spacial score (nSPS) is 14.2. The van der Waals surface area contributed by atoms with E-state index in [0.29, 0.717) is 18.8 Å². The number of nitrogens with zero attached hydrogens (tertiary/aromatic N) is 4. The van der Waals surface area contributed by atoms with Crippen LogP contribution < -0.4 is 5.73 Å². The summed E-state index contributed by atoms with van der Waals surface area (Å²) in [4.78, 5) is 14.1. The summed E-state index contributed by atoms with van der Waals surface area (Å²) in [6.07, 6.45) is 2.63. The molecule has 1 aromatic heterocycles. The van der Waals surface area contributed by atoms with Gasteiger partial charge in [0, 0.05) is 19.6 Å². The van der Waals surface area contributed by atoms with Crippen LogP contribution in [-0.4, -0.2) is 32.3 Å². The highest BCUT2D eigenvalue weighted by Crippen LogP contribution is 2.18. The molecule has 1 aromatic carbocycles. The Morgan fingerprint density at radius 1 is 1.30 bits per heavy atom. The Labute approximate surface area is 117 Å². The molecular weight excluding hydrogens is 254 g/mol. The molecule has 3 rings (SSSR count). The van der Waals surface area contributed by atoms with Crippen molar-refractivity contribution in [3.8, 4) is 0 Å². The molecule has 2 N–H and O–H groups in total. The maximum Gasteiger partial charge on any atom is 0.244 e. The number of benzene rings is 1. The van der Waals surface area contributed by atoms with Gasteiger partial charge in [-0.2, -0.15) is 0 Å². The summed E-state index contributed by atoms with van der Waals surface area (Å²) in [6.45, 7) is 1.99. The molecule has 1 aliphatic rings. The van der Waals surface area contributed by atoms with E-state index < -0.39 is 0 Å². The van der Waals surface area contributed by atoms with Gasteiger partial charge in [0.2, 0.25) is 5.91 Å². The summed E-state index contributed by atoms with van der Waals surface area (Å²) < 4.78 is 1.55. The molecule has 0 spiro atoms. The second-order valence-corrected chi connectivity index (χ2v) is 4.95. The molecule has 6 heteroatoms. The van der Waals surface area contributed by atoms with Gasteiger partial charge in [0.1, 0.15) is 6.54 Å². The van der Waals surface area contributed by atoms with E-state index in [9.17, 15) is 4.79 Å². The van der Waals surface area contributed by atoms with Crippen LogP contribution in [0.2, 0.25) is 0 Å². The molecule has 104 valence electrons. The number of rotatable bonds is 3. The van der Waals surface area contributed by atoms with Gasteiger partial charge in [0.15, 0.2) is 0 Å². The van der Waals surface area contributed by atoms with Crippen molar-refractivity contribution >= 4 is 5.91 Å². The summed E-state index contributed by atoms with van der Waals surface area (Å²) in [5.74, 6) is 0.0629. The van der Waals surface area contributed by atoms with E-state index in [1.54, 1.807) is 10.9 Å². The second kappa shape index (κ2) is 5.42. The molecule has 0 radical (unpaired) electrons. The minimum Gasteiger partial charge on any atom is -0.336 e. The summed E-state index contributed by atoms with van der Waals surface area (Å²) in [7, 11) is 0. The molecule has 6 nitrogen and oxygen atoms in total. The minimum atomic E-state index is 0.0629. The highest BCUT2D eigenvalue weighted by Gasteiger charge is 2.20. The number of hydrogen-bond donors (Lipinski definition) is 1. The second-order valence-electron chi connectivity index (χ2n) is 4.95. The third kappa shape index (κ3) is 2.55. The zero-order chi connectivity index (χ0) is 13.9. The van der Waals surface area contributed by atoms with Crippen LogP contribution in [0, 0.1) is 0 Å². The quantitative estimate of drug-likeness (QED) is 0.872. The van der Waals surface area contributed by atoms with Crippen molar-refractivity contribution in [2.75, 3.05) is 6.54 Å². The van der Waals surface area contributed by atoms with Gasteiger partial charge in [-0.3, -0.25) is 4.79 Å². The van der Waals surface area contributed by atoms with Crippen molar-refractivity contribution in [1.82, 2.24) is 19.9 Å². The topological polar surface area (TPSA) is 77.0 Å². The molecule has 0 aliphatic carbocycles. The number of nitrogens with two attached hydrogens (primary N) is 1. The van der Waals surface area contributed by atoms with Crippen LogP contribution in [0.1, 0.15) is 16.8 Å². The van der Waals surface area contributed by atoms with Gasteiger partial charge in [-0.15, -0.1) is 5.10 Å².